The van der Waals surface area contributed by atoms with Gasteiger partial charge in [0.1, 0.15) is 6.97 Å². The van der Waals surface area contributed by atoms with Gasteiger partial charge in [0.2, 0.25) is 0 Å². The van der Waals surface area contributed by atoms with Gasteiger partial charge < -0.3 is 0 Å². The summed E-state index contributed by atoms with van der Waals surface area (Å²) in [6, 6.07) is 7.98. The van der Waals surface area contributed by atoms with Crippen LogP contribution in [-0.2, 0) is 3.23 Å². The monoisotopic (exact) mass is 495 g/mol. The fourth-order valence-electron chi connectivity index (χ4n) is 0.818. The van der Waals surface area contributed by atoms with E-state index in [1.807, 2.05) is 24.3 Å². The third-order valence-electron chi connectivity index (χ3n) is 1.45. The average Bonchev–Trinajstić information content (AvgIpc) is 2.04. The number of halogens is 5. The molecular weight excluding hydrogens is 496 g/mol. The van der Waals surface area contributed by atoms with Crippen LogP contribution in [0, 0.1) is 3.74 Å². The Morgan fingerprint density at radius 2 is 1.62 bits per heavy atom. The van der Waals surface area contributed by atoms with Crippen LogP contribution in [0.3, 0.4) is 0 Å². The Labute approximate surface area is 119 Å². The molecule has 71 valence electrons. The topological polar surface area (TPSA) is 0 Å². The summed E-state index contributed by atoms with van der Waals surface area (Å²) in [5, 5.41) is 0. The van der Waals surface area contributed by atoms with Crippen molar-refractivity contribution in [3.63, 3.8) is 0 Å². The zero-order valence-electron chi connectivity index (χ0n) is 6.20. The summed E-state index contributed by atoms with van der Waals surface area (Å²) in [6.07, 6.45) is 0. The molecule has 1 radical (unpaired) electrons. The van der Waals surface area contributed by atoms with Crippen LogP contribution in [0.1, 0.15) is 5.56 Å². The smallest absolute Gasteiger partial charge is 0.0672 e. The molecule has 0 bridgehead atoms. The van der Waals surface area contributed by atoms with Crippen molar-refractivity contribution < 1.29 is 0 Å². The van der Waals surface area contributed by atoms with Crippen LogP contribution in [0.4, 0.5) is 0 Å². The van der Waals surface area contributed by atoms with Crippen molar-refractivity contribution >= 4 is 79.6 Å². The van der Waals surface area contributed by atoms with Gasteiger partial charge in [-0.3, -0.25) is 0 Å². The fraction of sp³-hybridized carbons (Fsp3) is 0.125. The molecule has 1 rings (SSSR count). The van der Waals surface area contributed by atoms with E-state index in [9.17, 15) is 0 Å². The lowest BCUT2D eigenvalue weighted by molar-refractivity contribution is 1.14. The van der Waals surface area contributed by atoms with Gasteiger partial charge in [-0.2, -0.15) is 0 Å². The van der Waals surface area contributed by atoms with E-state index in [2.05, 4.69) is 79.6 Å². The van der Waals surface area contributed by atoms with Gasteiger partial charge in [0.25, 0.3) is 0 Å². The van der Waals surface area contributed by atoms with Crippen LogP contribution < -0.4 is 0 Å². The van der Waals surface area contributed by atoms with E-state index in [4.69, 9.17) is 0 Å². The lowest BCUT2D eigenvalue weighted by atomic mass is 10.2. The van der Waals surface area contributed by atoms with Crippen LogP contribution in [-0.4, -0.2) is 0 Å². The van der Waals surface area contributed by atoms with E-state index in [0.717, 1.165) is 13.8 Å². The van der Waals surface area contributed by atoms with Crippen LogP contribution in [0.25, 0.3) is 0 Å². The summed E-state index contributed by atoms with van der Waals surface area (Å²) in [6.45, 7) is 0. The summed E-state index contributed by atoms with van der Waals surface area (Å²) >= 11 is 17.4. The summed E-state index contributed by atoms with van der Waals surface area (Å²) in [7, 11) is 0. The quantitative estimate of drug-likeness (QED) is 0.460. The normalized spacial score (nSPS) is 12.2. The Morgan fingerprint density at radius 1 is 1.08 bits per heavy atom. The predicted octanol–water partition coefficient (Wildman–Crippen LogP) is 5.67. The number of alkyl halides is 2. The van der Waals surface area contributed by atoms with Gasteiger partial charge in [0.05, 0.1) is 0 Å². The first-order valence-electron chi connectivity index (χ1n) is 3.27. The molecule has 13 heavy (non-hydrogen) atoms. The molecule has 0 amide bonds. The third-order valence-corrected chi connectivity index (χ3v) is 7.11. The first kappa shape index (κ1) is 12.7. The summed E-state index contributed by atoms with van der Waals surface area (Å²) in [5.74, 6) is 0. The highest BCUT2D eigenvalue weighted by Gasteiger charge is 2.34. The largest absolute Gasteiger partial charge is 0.137 e. The highest BCUT2D eigenvalue weighted by atomic mass is 79.9. The van der Waals surface area contributed by atoms with Gasteiger partial charge >= 0.3 is 0 Å². The van der Waals surface area contributed by atoms with E-state index in [1.54, 1.807) is 0 Å². The second-order valence-electron chi connectivity index (χ2n) is 2.31. The standard InChI is InChI=1S/C8H4Br5/c9-6-4-2-1-3-5(6)8(12,13)7(10)11/h1-4H. The molecule has 0 saturated carbocycles. The molecular formula is C8H4Br5. The van der Waals surface area contributed by atoms with Crippen LogP contribution in [0.5, 0.6) is 0 Å². The molecule has 0 atom stereocenters. The minimum Gasteiger partial charge on any atom is -0.0672 e. The van der Waals surface area contributed by atoms with E-state index in [-0.39, 0.29) is 3.23 Å². The van der Waals surface area contributed by atoms with Crippen molar-refractivity contribution in [2.75, 3.05) is 0 Å². The van der Waals surface area contributed by atoms with Gasteiger partial charge in [0.15, 0.2) is 0 Å². The minimum absolute atomic E-state index is 0.389. The number of hydrogen-bond acceptors (Lipinski definition) is 0. The Bertz CT molecular complexity index is 294. The van der Waals surface area contributed by atoms with Gasteiger partial charge in [-0.15, -0.1) is 0 Å². The summed E-state index contributed by atoms with van der Waals surface area (Å²) in [4.78, 5) is 0. The molecule has 1 aromatic rings. The first-order valence-corrected chi connectivity index (χ1v) is 7.24. The molecule has 0 aliphatic heterocycles. The molecule has 5 heteroatoms. The van der Waals surface area contributed by atoms with Crippen LogP contribution in [0.2, 0.25) is 0 Å². The Hall–Kier alpha value is 1.62. The Kier molecular flexibility index (Phi) is 4.98. The molecule has 0 unspecified atom stereocenters. The maximum absolute atomic E-state index is 3.56. The molecule has 0 saturated heterocycles. The van der Waals surface area contributed by atoms with Gasteiger partial charge in [-0.05, 0) is 11.6 Å². The van der Waals surface area contributed by atoms with Crippen molar-refractivity contribution in [1.29, 1.82) is 0 Å². The van der Waals surface area contributed by atoms with E-state index >= 15 is 0 Å². The molecule has 0 aliphatic carbocycles. The first-order chi connectivity index (χ1) is 5.96. The van der Waals surface area contributed by atoms with E-state index in [1.165, 1.54) is 0 Å². The lowest BCUT2D eigenvalue weighted by Gasteiger charge is -2.23. The molecule has 0 aliphatic rings. The van der Waals surface area contributed by atoms with Gasteiger partial charge in [-0.25, -0.2) is 0 Å². The van der Waals surface area contributed by atoms with Gasteiger partial charge in [-0.1, -0.05) is 97.8 Å². The highest BCUT2D eigenvalue weighted by molar-refractivity contribution is 9.31. The highest BCUT2D eigenvalue weighted by Crippen LogP contribution is 2.53. The number of benzene rings is 1. The maximum Gasteiger partial charge on any atom is 0.137 e. The van der Waals surface area contributed by atoms with Crippen LogP contribution in [0.15, 0.2) is 28.7 Å². The maximum atomic E-state index is 3.56. The SMILES string of the molecule is Br[C](Br)C(Br)(Br)c1ccccc1Br. The van der Waals surface area contributed by atoms with Crippen molar-refractivity contribution in [1.82, 2.24) is 0 Å². The molecule has 1 aromatic carbocycles. The van der Waals surface area contributed by atoms with Crippen molar-refractivity contribution in [2.24, 2.45) is 0 Å². The minimum atomic E-state index is -0.389. The second kappa shape index (κ2) is 5.10. The second-order valence-corrected chi connectivity index (χ2v) is 9.26. The fourth-order valence-corrected chi connectivity index (χ4v) is 3.05. The van der Waals surface area contributed by atoms with Crippen molar-refractivity contribution in [3.8, 4) is 0 Å². The predicted molar refractivity (Wildman–Crippen MR) is 74.8 cm³/mol. The molecule has 0 nitrogen and oxygen atoms in total. The van der Waals surface area contributed by atoms with Crippen molar-refractivity contribution in [3.05, 3.63) is 38.0 Å². The van der Waals surface area contributed by atoms with Gasteiger partial charge in [0, 0.05) is 4.47 Å². The average molecular weight is 500 g/mol. The number of rotatable bonds is 2. The molecule has 0 N–H and O–H groups in total. The summed E-state index contributed by atoms with van der Waals surface area (Å²) < 4.78 is 1.54. The van der Waals surface area contributed by atoms with E-state index in [0.29, 0.717) is 0 Å². The number of hydrogen-bond donors (Lipinski definition) is 0. The molecule has 0 aromatic heterocycles. The van der Waals surface area contributed by atoms with Crippen LogP contribution >= 0.6 is 79.6 Å². The Morgan fingerprint density at radius 3 is 2.08 bits per heavy atom. The lowest BCUT2D eigenvalue weighted by Crippen LogP contribution is -2.11. The molecule has 0 heterocycles. The van der Waals surface area contributed by atoms with Crippen molar-refractivity contribution in [2.45, 2.75) is 3.23 Å². The summed E-state index contributed by atoms with van der Waals surface area (Å²) in [5.41, 5.74) is 1.10. The van der Waals surface area contributed by atoms with E-state index < -0.39 is 0 Å². The zero-order chi connectivity index (χ0) is 10.1. The third kappa shape index (κ3) is 3.03. The molecule has 0 spiro atoms. The molecule has 0 fully saturated rings. The Balaban J connectivity index is 3.14. The zero-order valence-corrected chi connectivity index (χ0v) is 14.1.